The van der Waals surface area contributed by atoms with Crippen molar-refractivity contribution in [2.45, 2.75) is 114 Å². The molecule has 1 fully saturated rings. The maximum absolute atomic E-state index is 16.9. The molecule has 27 heteroatoms. The van der Waals surface area contributed by atoms with Gasteiger partial charge in [-0.2, -0.15) is 9.10 Å². The normalized spacial score (nSPS) is 14.7. The number of H-pyrrole nitrogens is 1. The molecule has 96 heavy (non-hydrogen) atoms. The van der Waals surface area contributed by atoms with Crippen LogP contribution < -0.4 is 29.6 Å². The van der Waals surface area contributed by atoms with Crippen molar-refractivity contribution >= 4 is 49.4 Å². The minimum absolute atomic E-state index is 0.0176. The molecule has 0 spiro atoms. The number of carbonyl (C=O) groups is 3. The van der Waals surface area contributed by atoms with Crippen molar-refractivity contribution in [2.24, 2.45) is 0 Å². The van der Waals surface area contributed by atoms with Gasteiger partial charge in [0, 0.05) is 31.7 Å². The highest BCUT2D eigenvalue weighted by molar-refractivity contribution is 7.92. The lowest BCUT2D eigenvalue weighted by Gasteiger charge is -2.27. The third-order valence-corrected chi connectivity index (χ3v) is 18.8. The molecular weight excluding hydrogens is 1270 g/mol. The van der Waals surface area contributed by atoms with E-state index in [1.54, 1.807) is 164 Å². The molecule has 2 aromatic heterocycles. The van der Waals surface area contributed by atoms with Gasteiger partial charge in [0.15, 0.2) is 0 Å². The van der Waals surface area contributed by atoms with Gasteiger partial charge in [-0.05, 0) is 129 Å². The lowest BCUT2D eigenvalue weighted by Crippen LogP contribution is -2.51. The minimum Gasteiger partial charge on any atom is -0.497 e. The number of carbonyl (C=O) groups excluding carboxylic acids is 3. The smallest absolute Gasteiger partial charge is 0.410 e. The summed E-state index contributed by atoms with van der Waals surface area (Å²) in [7, 11) is -5.88. The molecule has 9 aromatic rings. The zero-order valence-electron chi connectivity index (χ0n) is 54.6. The van der Waals surface area contributed by atoms with E-state index in [4.69, 9.17) is 43.2 Å². The molecule has 10 rings (SSSR count). The molecule has 4 N–H and O–H groups in total. The van der Waals surface area contributed by atoms with E-state index in [1.165, 1.54) is 36.0 Å². The first-order chi connectivity index (χ1) is 45.8. The molecule has 0 saturated carbocycles. The summed E-state index contributed by atoms with van der Waals surface area (Å²) in [6, 6.07) is 43.2. The number of fused-ring (bicyclic) bond motifs is 1. The van der Waals surface area contributed by atoms with Crippen molar-refractivity contribution in [3.8, 4) is 39.8 Å². The SMILES string of the molecule is COc1ccc(CN(Cc2ccc(OC)cc2)S(=O)(=O)c2c(S(=O)(=O)NC3CN(C(=O)OC(C)(C)C)CC3NC(=O)OCc3ccccc3)ccc(-c3cccc4[nH]c([C@@H](COCc5ccccc5)NC(=O)OC(C)(C)C)nc34)c2-c2nnn(Cc3ccc(OC)cc3)n2)cc1. The molecular formula is C69H77N11O14S2. The highest BCUT2D eigenvalue weighted by Crippen LogP contribution is 2.44. The molecule has 1 aliphatic rings. The lowest BCUT2D eigenvalue weighted by molar-refractivity contribution is 0.0287. The van der Waals surface area contributed by atoms with Gasteiger partial charge in [0.2, 0.25) is 25.9 Å². The number of imidazole rings is 1. The van der Waals surface area contributed by atoms with Gasteiger partial charge >= 0.3 is 18.3 Å². The van der Waals surface area contributed by atoms with Crippen LogP contribution in [0.5, 0.6) is 17.2 Å². The Balaban J connectivity index is 1.18. The zero-order chi connectivity index (χ0) is 68.4. The van der Waals surface area contributed by atoms with Crippen LogP contribution in [-0.4, -0.2) is 139 Å². The second-order valence-corrected chi connectivity index (χ2v) is 28.3. The van der Waals surface area contributed by atoms with Gasteiger partial charge in [-0.25, -0.2) is 40.9 Å². The Hall–Kier alpha value is -9.93. The van der Waals surface area contributed by atoms with Crippen molar-refractivity contribution in [2.75, 3.05) is 41.0 Å². The molecule has 3 amide bonds. The van der Waals surface area contributed by atoms with Crippen LogP contribution in [0.25, 0.3) is 33.5 Å². The monoisotopic (exact) mass is 1350 g/mol. The van der Waals surface area contributed by atoms with Crippen molar-refractivity contribution < 1.29 is 64.4 Å². The van der Waals surface area contributed by atoms with Gasteiger partial charge in [0.1, 0.15) is 56.7 Å². The second kappa shape index (κ2) is 29.8. The number of likely N-dealkylation sites (tertiary alicyclic amines) is 1. The van der Waals surface area contributed by atoms with Crippen molar-refractivity contribution in [3.63, 3.8) is 0 Å². The zero-order valence-corrected chi connectivity index (χ0v) is 56.3. The summed E-state index contributed by atoms with van der Waals surface area (Å²) in [5, 5.41) is 19.5. The predicted octanol–water partition coefficient (Wildman–Crippen LogP) is 10.3. The van der Waals surface area contributed by atoms with E-state index >= 15 is 16.8 Å². The summed E-state index contributed by atoms with van der Waals surface area (Å²) in [5.41, 5.74) is 2.13. The number of methoxy groups -OCH3 is 3. The first-order valence-corrected chi connectivity index (χ1v) is 33.7. The van der Waals surface area contributed by atoms with E-state index in [2.05, 4.69) is 30.7 Å². The maximum atomic E-state index is 16.9. The summed E-state index contributed by atoms with van der Waals surface area (Å²) in [4.78, 5) is 50.6. The van der Waals surface area contributed by atoms with Gasteiger partial charge < -0.3 is 53.7 Å². The number of hydrogen-bond acceptors (Lipinski definition) is 18. The molecule has 7 aromatic carbocycles. The first-order valence-electron chi connectivity index (χ1n) is 30.8. The number of sulfonamides is 2. The van der Waals surface area contributed by atoms with E-state index in [1.807, 2.05) is 36.4 Å². The van der Waals surface area contributed by atoms with Crippen LogP contribution in [0.3, 0.4) is 0 Å². The Labute approximate surface area is 557 Å². The third-order valence-electron chi connectivity index (χ3n) is 15.2. The number of alkyl carbamates (subject to hydrolysis) is 2. The van der Waals surface area contributed by atoms with Crippen LogP contribution in [0.4, 0.5) is 14.4 Å². The fraction of sp³-hybridized carbons (Fsp3) is 0.319. The number of benzene rings is 7. The number of para-hydroxylation sites is 1. The number of hydrogen-bond donors (Lipinski definition) is 4. The number of aromatic nitrogens is 6. The van der Waals surface area contributed by atoms with E-state index in [9.17, 15) is 14.4 Å². The quantitative estimate of drug-likeness (QED) is 0.0387. The Morgan fingerprint density at radius 2 is 1.19 bits per heavy atom. The summed E-state index contributed by atoms with van der Waals surface area (Å²) in [6.45, 7) is 8.97. The fourth-order valence-electron chi connectivity index (χ4n) is 10.7. The summed E-state index contributed by atoms with van der Waals surface area (Å²) in [6.07, 6.45) is -2.48. The number of nitrogens with zero attached hydrogens (tertiary/aromatic N) is 7. The predicted molar refractivity (Wildman–Crippen MR) is 357 cm³/mol. The van der Waals surface area contributed by atoms with Crippen LogP contribution in [-0.2, 0) is 71.8 Å². The number of rotatable bonds is 25. The molecule has 25 nitrogen and oxygen atoms in total. The number of nitrogens with one attached hydrogen (secondary N) is 4. The van der Waals surface area contributed by atoms with E-state index in [0.29, 0.717) is 45.0 Å². The first kappa shape index (κ1) is 68.9. The van der Waals surface area contributed by atoms with Gasteiger partial charge in [-0.3, -0.25) is 0 Å². The lowest BCUT2D eigenvalue weighted by atomic mass is 9.98. The second-order valence-electron chi connectivity index (χ2n) is 24.7. The summed E-state index contributed by atoms with van der Waals surface area (Å²) < 4.78 is 110. The summed E-state index contributed by atoms with van der Waals surface area (Å²) >= 11 is 0. The standard InChI is InChI=1S/C69H77N11O14S2/c1-68(2,3)93-66(82)72-58(44-91-42-48-17-12-10-13-18-48)63-70-55-22-16-21-54(61(55)73-63)53-35-36-59(95(84,85)76-57-41-78(67(83)94-69(4,5)6)40-56(57)71-65(81)92-43-49-19-14-11-15-20-49)62(60(53)64-74-77-80(75-64)39-47-27-33-52(90-9)34-28-47)96(86,87)79(37-45-23-29-50(88-7)30-24-45)38-46-25-31-51(89-8)32-26-46/h10-36,56-58,76H,37-44H2,1-9H3,(H,70,73)(H,71,81)(H,72,82)/t56?,57?,58-/m1/s1. The molecule has 3 atom stereocenters. The van der Waals surface area contributed by atoms with Crippen LogP contribution in [0.15, 0.2) is 174 Å². The van der Waals surface area contributed by atoms with Gasteiger partial charge in [0.25, 0.3) is 0 Å². The van der Waals surface area contributed by atoms with Gasteiger partial charge in [-0.15, -0.1) is 10.2 Å². The third kappa shape index (κ3) is 17.5. The molecule has 504 valence electrons. The Bertz CT molecular complexity index is 4340. The topological polar surface area (TPSA) is 299 Å². The van der Waals surface area contributed by atoms with Gasteiger partial charge in [-0.1, -0.05) is 115 Å². The van der Waals surface area contributed by atoms with Crippen LogP contribution >= 0.6 is 0 Å². The number of aromatic amines is 1. The Kier molecular flexibility index (Phi) is 21.4. The Morgan fingerprint density at radius 3 is 1.76 bits per heavy atom. The molecule has 1 saturated heterocycles. The number of tetrazole rings is 1. The fourth-order valence-corrected chi connectivity index (χ4v) is 14.4. The number of amides is 3. The maximum Gasteiger partial charge on any atom is 0.410 e. The average molecular weight is 1350 g/mol. The Morgan fingerprint density at radius 1 is 0.625 bits per heavy atom. The molecule has 0 bridgehead atoms. The van der Waals surface area contributed by atoms with Crippen LogP contribution in [0, 0.1) is 0 Å². The van der Waals surface area contributed by atoms with Crippen molar-refractivity contribution in [1.29, 1.82) is 0 Å². The van der Waals surface area contributed by atoms with Crippen molar-refractivity contribution in [1.82, 2.24) is 54.7 Å². The van der Waals surface area contributed by atoms with Crippen LogP contribution in [0.2, 0.25) is 0 Å². The highest BCUT2D eigenvalue weighted by Gasteiger charge is 2.44. The summed E-state index contributed by atoms with van der Waals surface area (Å²) in [5.74, 6) is 1.50. The van der Waals surface area contributed by atoms with Crippen LogP contribution in [0.1, 0.15) is 81.2 Å². The molecule has 3 heterocycles. The molecule has 1 aliphatic heterocycles. The van der Waals surface area contributed by atoms with Crippen molar-refractivity contribution in [3.05, 3.63) is 197 Å². The van der Waals surface area contributed by atoms with E-state index < -0.39 is 77.4 Å². The molecule has 0 radical (unpaired) electrons. The van der Waals surface area contributed by atoms with E-state index in [-0.39, 0.29) is 86.4 Å². The number of ether oxygens (including phenoxy) is 7. The van der Waals surface area contributed by atoms with E-state index in [0.717, 1.165) is 9.87 Å². The molecule has 2 unspecified atom stereocenters. The molecule has 0 aliphatic carbocycles. The highest BCUT2D eigenvalue weighted by atomic mass is 32.2. The van der Waals surface area contributed by atoms with Gasteiger partial charge in [0.05, 0.1) is 69.8 Å². The minimum atomic E-state index is -5.24. The average Bonchev–Trinajstić information content (AvgIpc) is 0.943. The largest absolute Gasteiger partial charge is 0.497 e.